The topological polar surface area (TPSA) is 90.6 Å². The smallest absolute Gasteiger partial charge is 0.296 e. The Balaban J connectivity index is 3.03. The van der Waals surface area contributed by atoms with Crippen molar-refractivity contribution in [2.75, 3.05) is 18.9 Å². The number of methoxy groups -OCH3 is 2. The summed E-state index contributed by atoms with van der Waals surface area (Å²) in [5, 5.41) is 4.82. The summed E-state index contributed by atoms with van der Waals surface area (Å²) in [7, 11) is -0.820. The van der Waals surface area contributed by atoms with Gasteiger partial charge in [-0.2, -0.15) is 8.42 Å². The minimum absolute atomic E-state index is 0.315. The van der Waals surface area contributed by atoms with E-state index in [-0.39, 0.29) is 0 Å². The molecular formula is C8H12N2O4S. The van der Waals surface area contributed by atoms with E-state index in [0.29, 0.717) is 17.2 Å². The summed E-state index contributed by atoms with van der Waals surface area (Å²) < 4.78 is 33.6. The molecule has 0 fully saturated rings. The third-order valence-electron chi connectivity index (χ3n) is 1.64. The first-order chi connectivity index (χ1) is 6.96. The van der Waals surface area contributed by atoms with Gasteiger partial charge in [0.05, 0.1) is 19.9 Å². The maximum Gasteiger partial charge on any atom is 0.296 e. The van der Waals surface area contributed by atoms with Gasteiger partial charge in [-0.1, -0.05) is 0 Å². The van der Waals surface area contributed by atoms with Gasteiger partial charge in [-0.25, -0.2) is 5.14 Å². The van der Waals surface area contributed by atoms with E-state index in [1.165, 1.54) is 26.4 Å². The molecule has 0 amide bonds. The van der Waals surface area contributed by atoms with E-state index in [9.17, 15) is 8.42 Å². The van der Waals surface area contributed by atoms with Crippen molar-refractivity contribution in [1.82, 2.24) is 0 Å². The van der Waals surface area contributed by atoms with Crippen LogP contribution in [0.4, 0.5) is 5.69 Å². The lowest BCUT2D eigenvalue weighted by Gasteiger charge is -2.09. The number of ether oxygens (including phenoxy) is 2. The van der Waals surface area contributed by atoms with Crippen LogP contribution in [-0.2, 0) is 10.2 Å². The quantitative estimate of drug-likeness (QED) is 0.782. The molecule has 0 bridgehead atoms. The van der Waals surface area contributed by atoms with Gasteiger partial charge < -0.3 is 9.47 Å². The number of hydrogen-bond donors (Lipinski definition) is 2. The molecular weight excluding hydrogens is 220 g/mol. The number of nitrogens with one attached hydrogen (secondary N) is 1. The van der Waals surface area contributed by atoms with Crippen LogP contribution in [0.15, 0.2) is 18.2 Å². The van der Waals surface area contributed by atoms with Crippen LogP contribution in [0, 0.1) is 0 Å². The fourth-order valence-electron chi connectivity index (χ4n) is 1.06. The van der Waals surface area contributed by atoms with Crippen molar-refractivity contribution in [3.63, 3.8) is 0 Å². The van der Waals surface area contributed by atoms with Crippen LogP contribution < -0.4 is 19.3 Å². The molecule has 1 rings (SSSR count). The lowest BCUT2D eigenvalue weighted by atomic mass is 10.3. The van der Waals surface area contributed by atoms with Crippen LogP contribution in [0.25, 0.3) is 0 Å². The van der Waals surface area contributed by atoms with Crippen LogP contribution in [0.3, 0.4) is 0 Å². The average molecular weight is 232 g/mol. The van der Waals surface area contributed by atoms with Gasteiger partial charge in [0, 0.05) is 6.07 Å². The Morgan fingerprint density at radius 1 is 1.20 bits per heavy atom. The highest BCUT2D eigenvalue weighted by Crippen LogP contribution is 2.29. The molecule has 0 radical (unpaired) electrons. The molecule has 0 aliphatic rings. The first kappa shape index (κ1) is 11.6. The predicted molar refractivity (Wildman–Crippen MR) is 56.3 cm³/mol. The Kier molecular flexibility index (Phi) is 3.38. The molecule has 1 aromatic rings. The zero-order valence-corrected chi connectivity index (χ0v) is 9.17. The number of benzene rings is 1. The monoisotopic (exact) mass is 232 g/mol. The van der Waals surface area contributed by atoms with Gasteiger partial charge in [0.2, 0.25) is 0 Å². The van der Waals surface area contributed by atoms with Crippen molar-refractivity contribution in [3.8, 4) is 11.5 Å². The molecule has 6 nitrogen and oxygen atoms in total. The van der Waals surface area contributed by atoms with E-state index in [0.717, 1.165) is 0 Å². The molecule has 0 aliphatic heterocycles. The van der Waals surface area contributed by atoms with Gasteiger partial charge >= 0.3 is 0 Å². The zero-order chi connectivity index (χ0) is 11.5. The molecule has 7 heteroatoms. The van der Waals surface area contributed by atoms with Crippen LogP contribution in [0.2, 0.25) is 0 Å². The number of rotatable bonds is 4. The molecule has 84 valence electrons. The minimum atomic E-state index is -3.77. The maximum atomic E-state index is 10.7. The van der Waals surface area contributed by atoms with Crippen LogP contribution in [-0.4, -0.2) is 22.6 Å². The summed E-state index contributed by atoms with van der Waals surface area (Å²) >= 11 is 0. The molecule has 3 N–H and O–H groups in total. The highest BCUT2D eigenvalue weighted by molar-refractivity contribution is 7.90. The molecule has 0 saturated carbocycles. The zero-order valence-electron chi connectivity index (χ0n) is 8.35. The van der Waals surface area contributed by atoms with E-state index < -0.39 is 10.2 Å². The number of hydrogen-bond acceptors (Lipinski definition) is 4. The molecule has 0 heterocycles. The van der Waals surface area contributed by atoms with E-state index in [1.54, 1.807) is 6.07 Å². The van der Waals surface area contributed by atoms with E-state index >= 15 is 0 Å². The molecule has 0 aromatic heterocycles. The maximum absolute atomic E-state index is 10.7. The fraction of sp³-hybridized carbons (Fsp3) is 0.250. The molecule has 0 atom stereocenters. The van der Waals surface area contributed by atoms with Gasteiger partial charge in [0.25, 0.3) is 10.2 Å². The first-order valence-electron chi connectivity index (χ1n) is 3.99. The predicted octanol–water partition coefficient (Wildman–Crippen LogP) is 0.319. The summed E-state index contributed by atoms with van der Waals surface area (Å²) in [5.74, 6) is 0.934. The summed E-state index contributed by atoms with van der Waals surface area (Å²) in [6.07, 6.45) is 0. The molecule has 0 unspecified atom stereocenters. The van der Waals surface area contributed by atoms with Crippen LogP contribution in [0.5, 0.6) is 11.5 Å². The Bertz CT molecular complexity index is 444. The second-order valence-electron chi connectivity index (χ2n) is 2.72. The lowest BCUT2D eigenvalue weighted by Crippen LogP contribution is -2.21. The standard InChI is InChI=1S/C8H12N2O4S/c1-13-7-4-3-6(5-8(7)14-2)10-15(9,11)12/h3-5,10H,1-2H3,(H2,9,11,12). The van der Waals surface area contributed by atoms with Crippen molar-refractivity contribution in [3.05, 3.63) is 18.2 Å². The van der Waals surface area contributed by atoms with Crippen molar-refractivity contribution in [2.45, 2.75) is 0 Å². The highest BCUT2D eigenvalue weighted by Gasteiger charge is 2.07. The average Bonchev–Trinajstić information content (AvgIpc) is 2.15. The Hall–Kier alpha value is -1.47. The minimum Gasteiger partial charge on any atom is -0.493 e. The van der Waals surface area contributed by atoms with Crippen LogP contribution in [0.1, 0.15) is 0 Å². The van der Waals surface area contributed by atoms with Gasteiger partial charge in [0.15, 0.2) is 11.5 Å². The van der Waals surface area contributed by atoms with Crippen molar-refractivity contribution in [2.24, 2.45) is 5.14 Å². The number of anilines is 1. The first-order valence-corrected chi connectivity index (χ1v) is 5.53. The van der Waals surface area contributed by atoms with Crippen LogP contribution >= 0.6 is 0 Å². The second-order valence-corrected chi connectivity index (χ2v) is 4.01. The summed E-state index contributed by atoms with van der Waals surface area (Å²) in [6, 6.07) is 4.57. The second kappa shape index (κ2) is 4.37. The van der Waals surface area contributed by atoms with Crippen molar-refractivity contribution >= 4 is 15.9 Å². The van der Waals surface area contributed by atoms with Gasteiger partial charge in [-0.05, 0) is 12.1 Å². The van der Waals surface area contributed by atoms with Crippen molar-refractivity contribution in [1.29, 1.82) is 0 Å². The van der Waals surface area contributed by atoms with Gasteiger partial charge in [0.1, 0.15) is 0 Å². The molecule has 0 spiro atoms. The van der Waals surface area contributed by atoms with E-state index in [4.69, 9.17) is 14.6 Å². The SMILES string of the molecule is COc1ccc(NS(N)(=O)=O)cc1OC. The Morgan fingerprint density at radius 3 is 2.27 bits per heavy atom. The summed E-state index contributed by atoms with van der Waals surface area (Å²) in [5.41, 5.74) is 0.315. The molecule has 0 saturated heterocycles. The molecule has 1 aromatic carbocycles. The third-order valence-corrected chi connectivity index (χ3v) is 2.16. The van der Waals surface area contributed by atoms with Crippen molar-refractivity contribution < 1.29 is 17.9 Å². The Morgan fingerprint density at radius 2 is 1.80 bits per heavy atom. The summed E-state index contributed by atoms with van der Waals surface area (Å²) in [4.78, 5) is 0. The molecule has 15 heavy (non-hydrogen) atoms. The highest BCUT2D eigenvalue weighted by atomic mass is 32.2. The molecule has 0 aliphatic carbocycles. The van der Waals surface area contributed by atoms with Gasteiger partial charge in [-0.3, -0.25) is 4.72 Å². The third kappa shape index (κ3) is 3.30. The fourth-order valence-corrected chi connectivity index (χ4v) is 1.52. The van der Waals surface area contributed by atoms with E-state index in [1.807, 2.05) is 0 Å². The lowest BCUT2D eigenvalue weighted by molar-refractivity contribution is 0.355. The van der Waals surface area contributed by atoms with E-state index in [2.05, 4.69) is 4.72 Å². The number of nitrogens with two attached hydrogens (primary N) is 1. The normalized spacial score (nSPS) is 10.9. The largest absolute Gasteiger partial charge is 0.493 e. The Labute approximate surface area is 88.2 Å². The summed E-state index contributed by atoms with van der Waals surface area (Å²) in [6.45, 7) is 0. The van der Waals surface area contributed by atoms with Gasteiger partial charge in [-0.15, -0.1) is 0 Å².